The first kappa shape index (κ1) is 17.5. The van der Waals surface area contributed by atoms with Crippen molar-refractivity contribution in [2.45, 2.75) is 52.1 Å². The molecule has 0 atom stereocenters. The average Bonchev–Trinajstić information content (AvgIpc) is 2.38. The van der Waals surface area contributed by atoms with E-state index in [0.29, 0.717) is 6.61 Å². The standard InChI is InChI=1S/C16H26BrNO2/c1-16(2,3)18-12-13-11-14(7-8-15(13)17)20-10-6-4-5-9-19/h7-8,11,18-19H,4-6,9-10,12H2,1-3H3. The van der Waals surface area contributed by atoms with Crippen molar-refractivity contribution >= 4 is 15.9 Å². The molecule has 0 heterocycles. The monoisotopic (exact) mass is 343 g/mol. The Morgan fingerprint density at radius 3 is 2.60 bits per heavy atom. The molecule has 0 aliphatic rings. The minimum Gasteiger partial charge on any atom is -0.494 e. The summed E-state index contributed by atoms with van der Waals surface area (Å²) in [4.78, 5) is 0. The van der Waals surface area contributed by atoms with Crippen LogP contribution in [0.3, 0.4) is 0 Å². The van der Waals surface area contributed by atoms with Crippen LogP contribution in [0, 0.1) is 0 Å². The van der Waals surface area contributed by atoms with Gasteiger partial charge in [0, 0.05) is 23.2 Å². The Bertz CT molecular complexity index is 402. The fourth-order valence-corrected chi connectivity index (χ4v) is 2.10. The molecule has 0 spiro atoms. The molecule has 4 heteroatoms. The van der Waals surface area contributed by atoms with Crippen LogP contribution in [-0.4, -0.2) is 23.9 Å². The van der Waals surface area contributed by atoms with E-state index in [1.807, 2.05) is 12.1 Å². The predicted octanol–water partition coefficient (Wildman–Crippen LogP) is 3.88. The van der Waals surface area contributed by atoms with E-state index in [1.54, 1.807) is 0 Å². The summed E-state index contributed by atoms with van der Waals surface area (Å²) in [5, 5.41) is 12.2. The van der Waals surface area contributed by atoms with Crippen molar-refractivity contribution in [3.63, 3.8) is 0 Å². The van der Waals surface area contributed by atoms with Crippen LogP contribution in [0.1, 0.15) is 45.6 Å². The van der Waals surface area contributed by atoms with Gasteiger partial charge in [-0.25, -0.2) is 0 Å². The third kappa shape index (κ3) is 7.27. The lowest BCUT2D eigenvalue weighted by molar-refractivity contribution is 0.266. The zero-order valence-corrected chi connectivity index (χ0v) is 14.3. The van der Waals surface area contributed by atoms with Gasteiger partial charge in [-0.3, -0.25) is 0 Å². The van der Waals surface area contributed by atoms with E-state index in [9.17, 15) is 0 Å². The maximum atomic E-state index is 8.72. The van der Waals surface area contributed by atoms with E-state index in [0.717, 1.165) is 36.0 Å². The molecule has 114 valence electrons. The van der Waals surface area contributed by atoms with E-state index in [1.165, 1.54) is 5.56 Å². The van der Waals surface area contributed by atoms with Crippen LogP contribution in [-0.2, 0) is 6.54 Å². The zero-order valence-electron chi connectivity index (χ0n) is 12.7. The molecule has 1 aromatic rings. The normalized spacial score (nSPS) is 11.7. The molecule has 0 amide bonds. The summed E-state index contributed by atoms with van der Waals surface area (Å²) in [5.41, 5.74) is 1.30. The molecule has 0 aromatic heterocycles. The van der Waals surface area contributed by atoms with Crippen molar-refractivity contribution in [2.24, 2.45) is 0 Å². The number of aliphatic hydroxyl groups excluding tert-OH is 1. The van der Waals surface area contributed by atoms with Crippen LogP contribution < -0.4 is 10.1 Å². The number of unbranched alkanes of at least 4 members (excludes halogenated alkanes) is 2. The summed E-state index contributed by atoms with van der Waals surface area (Å²) in [5.74, 6) is 0.905. The van der Waals surface area contributed by atoms with Gasteiger partial charge in [0.2, 0.25) is 0 Å². The largest absolute Gasteiger partial charge is 0.494 e. The highest BCUT2D eigenvalue weighted by atomic mass is 79.9. The number of rotatable bonds is 8. The molecule has 0 radical (unpaired) electrons. The van der Waals surface area contributed by atoms with E-state index in [-0.39, 0.29) is 12.1 Å². The molecule has 1 aromatic carbocycles. The van der Waals surface area contributed by atoms with Crippen molar-refractivity contribution < 1.29 is 9.84 Å². The summed E-state index contributed by atoms with van der Waals surface area (Å²) in [6, 6.07) is 6.09. The fraction of sp³-hybridized carbons (Fsp3) is 0.625. The minimum atomic E-state index is 0.0978. The van der Waals surface area contributed by atoms with Crippen LogP contribution in [0.25, 0.3) is 0 Å². The van der Waals surface area contributed by atoms with Crippen molar-refractivity contribution in [1.82, 2.24) is 5.32 Å². The number of hydrogen-bond donors (Lipinski definition) is 2. The molecule has 3 nitrogen and oxygen atoms in total. The summed E-state index contributed by atoms with van der Waals surface area (Å²) in [6.45, 7) is 8.24. The number of benzene rings is 1. The molecule has 0 saturated carbocycles. The highest BCUT2D eigenvalue weighted by Gasteiger charge is 2.10. The van der Waals surface area contributed by atoms with Gasteiger partial charge in [-0.15, -0.1) is 0 Å². The Kier molecular flexibility index (Phi) is 7.56. The van der Waals surface area contributed by atoms with Gasteiger partial charge in [-0.2, -0.15) is 0 Å². The second-order valence-electron chi connectivity index (χ2n) is 5.99. The summed E-state index contributed by atoms with van der Waals surface area (Å²) < 4.78 is 6.85. The third-order valence-corrected chi connectivity index (χ3v) is 3.67. The van der Waals surface area contributed by atoms with Crippen molar-refractivity contribution in [2.75, 3.05) is 13.2 Å². The molecule has 0 bridgehead atoms. The summed E-state index contributed by atoms with van der Waals surface area (Å²) >= 11 is 3.58. The van der Waals surface area contributed by atoms with Gasteiger partial charge in [-0.05, 0) is 63.8 Å². The summed E-state index contributed by atoms with van der Waals surface area (Å²) in [6.07, 6.45) is 2.84. The van der Waals surface area contributed by atoms with Crippen molar-refractivity contribution in [3.05, 3.63) is 28.2 Å². The van der Waals surface area contributed by atoms with E-state index in [4.69, 9.17) is 9.84 Å². The fourth-order valence-electron chi connectivity index (χ4n) is 1.72. The topological polar surface area (TPSA) is 41.5 Å². The molecule has 0 saturated heterocycles. The van der Waals surface area contributed by atoms with Gasteiger partial charge < -0.3 is 15.2 Å². The SMILES string of the molecule is CC(C)(C)NCc1cc(OCCCCCO)ccc1Br. The third-order valence-electron chi connectivity index (χ3n) is 2.90. The number of ether oxygens (including phenoxy) is 1. The van der Waals surface area contributed by atoms with Gasteiger partial charge in [0.25, 0.3) is 0 Å². The van der Waals surface area contributed by atoms with E-state index < -0.39 is 0 Å². The molecule has 1 rings (SSSR count). The first-order valence-electron chi connectivity index (χ1n) is 7.19. The number of nitrogens with one attached hydrogen (secondary N) is 1. The van der Waals surface area contributed by atoms with Gasteiger partial charge in [0.05, 0.1) is 6.61 Å². The van der Waals surface area contributed by atoms with Gasteiger partial charge in [-0.1, -0.05) is 15.9 Å². The first-order valence-corrected chi connectivity index (χ1v) is 7.99. The Morgan fingerprint density at radius 1 is 1.20 bits per heavy atom. The maximum Gasteiger partial charge on any atom is 0.119 e. The van der Waals surface area contributed by atoms with Gasteiger partial charge >= 0.3 is 0 Å². The molecular formula is C16H26BrNO2. The molecule has 20 heavy (non-hydrogen) atoms. The Morgan fingerprint density at radius 2 is 1.95 bits per heavy atom. The smallest absolute Gasteiger partial charge is 0.119 e. The van der Waals surface area contributed by atoms with Gasteiger partial charge in [0.1, 0.15) is 5.75 Å². The average molecular weight is 344 g/mol. The number of halogens is 1. The predicted molar refractivity (Wildman–Crippen MR) is 87.2 cm³/mol. The second-order valence-corrected chi connectivity index (χ2v) is 6.84. The lowest BCUT2D eigenvalue weighted by atomic mass is 10.1. The summed E-state index contributed by atoms with van der Waals surface area (Å²) in [7, 11) is 0. The van der Waals surface area contributed by atoms with Crippen LogP contribution in [0.5, 0.6) is 5.75 Å². The Labute approximate surface area is 130 Å². The van der Waals surface area contributed by atoms with Gasteiger partial charge in [0.15, 0.2) is 0 Å². The second kappa shape index (κ2) is 8.65. The number of aliphatic hydroxyl groups is 1. The highest BCUT2D eigenvalue weighted by molar-refractivity contribution is 9.10. The Balaban J connectivity index is 2.48. The molecule has 0 aliphatic carbocycles. The number of hydrogen-bond acceptors (Lipinski definition) is 3. The first-order chi connectivity index (χ1) is 9.42. The van der Waals surface area contributed by atoms with Crippen molar-refractivity contribution in [1.29, 1.82) is 0 Å². The lowest BCUT2D eigenvalue weighted by Gasteiger charge is -2.21. The van der Waals surface area contributed by atoms with Crippen LogP contribution >= 0.6 is 15.9 Å². The Hall–Kier alpha value is -0.580. The minimum absolute atomic E-state index is 0.0978. The van der Waals surface area contributed by atoms with Crippen LogP contribution in [0.15, 0.2) is 22.7 Å². The van der Waals surface area contributed by atoms with Crippen LogP contribution in [0.2, 0.25) is 0 Å². The zero-order chi connectivity index (χ0) is 15.0. The molecule has 2 N–H and O–H groups in total. The molecule has 0 fully saturated rings. The molecule has 0 unspecified atom stereocenters. The molecular weight excluding hydrogens is 318 g/mol. The molecule has 0 aliphatic heterocycles. The van der Waals surface area contributed by atoms with E-state index >= 15 is 0 Å². The maximum absolute atomic E-state index is 8.72. The van der Waals surface area contributed by atoms with Crippen molar-refractivity contribution in [3.8, 4) is 5.75 Å². The van der Waals surface area contributed by atoms with Crippen LogP contribution in [0.4, 0.5) is 0 Å². The quantitative estimate of drug-likeness (QED) is 0.704. The van der Waals surface area contributed by atoms with E-state index in [2.05, 4.69) is 48.1 Å². The lowest BCUT2D eigenvalue weighted by Crippen LogP contribution is -2.35. The highest BCUT2D eigenvalue weighted by Crippen LogP contribution is 2.23.